The molecule has 3 N–H and O–H groups in total. The Labute approximate surface area is 119 Å². The van der Waals surface area contributed by atoms with Crippen molar-refractivity contribution in [3.05, 3.63) is 63.2 Å². The number of nitrogens with zero attached hydrogens (tertiary/aromatic N) is 1. The summed E-state index contributed by atoms with van der Waals surface area (Å²) in [5.41, 5.74) is 5.46. The average molecular weight is 292 g/mol. The summed E-state index contributed by atoms with van der Waals surface area (Å²) in [6, 6.07) is 10.6. The number of rotatable bonds is 3. The van der Waals surface area contributed by atoms with Crippen molar-refractivity contribution >= 4 is 34.6 Å². The van der Waals surface area contributed by atoms with Gasteiger partial charge in [-0.1, -0.05) is 17.7 Å². The van der Waals surface area contributed by atoms with Crippen LogP contribution in [-0.2, 0) is 0 Å². The number of nitrogens with two attached hydrogens (primary N) is 1. The molecule has 2 aromatic rings. The number of carbonyl (C=O) groups is 1. The Hall–Kier alpha value is -2.60. The second-order valence-electron chi connectivity index (χ2n) is 3.96. The molecule has 0 saturated heterocycles. The van der Waals surface area contributed by atoms with Gasteiger partial charge in [-0.25, -0.2) is 0 Å². The van der Waals surface area contributed by atoms with E-state index in [0.29, 0.717) is 10.7 Å². The van der Waals surface area contributed by atoms with Gasteiger partial charge < -0.3 is 11.1 Å². The first-order chi connectivity index (χ1) is 9.49. The Morgan fingerprint density at radius 3 is 2.45 bits per heavy atom. The lowest BCUT2D eigenvalue weighted by Crippen LogP contribution is -2.14. The average Bonchev–Trinajstić information content (AvgIpc) is 2.40. The second kappa shape index (κ2) is 5.58. The number of carbonyl (C=O) groups excluding carboxylic acids is 1. The highest BCUT2D eigenvalue weighted by atomic mass is 35.5. The molecule has 0 aliphatic rings. The standard InChI is InChI=1S/C13H10ClN3O3/c14-8-4-6-9(7-5-8)16-13(18)10-2-1-3-11(15)12(10)17(19)20/h1-7H,15H2,(H,16,18). The van der Waals surface area contributed by atoms with Gasteiger partial charge in [-0.15, -0.1) is 0 Å². The minimum Gasteiger partial charge on any atom is -0.393 e. The Bertz CT molecular complexity index is 671. The lowest BCUT2D eigenvalue weighted by atomic mass is 10.1. The number of nitrogens with one attached hydrogen (secondary N) is 1. The van der Waals surface area contributed by atoms with Crippen molar-refractivity contribution in [2.24, 2.45) is 0 Å². The molecule has 6 nitrogen and oxygen atoms in total. The summed E-state index contributed by atoms with van der Waals surface area (Å²) in [5, 5.41) is 14.0. The first-order valence-corrected chi connectivity index (χ1v) is 5.96. The van der Waals surface area contributed by atoms with Crippen LogP contribution in [0.5, 0.6) is 0 Å². The molecule has 20 heavy (non-hydrogen) atoms. The van der Waals surface area contributed by atoms with Crippen LogP contribution in [0.2, 0.25) is 5.02 Å². The molecule has 102 valence electrons. The van der Waals surface area contributed by atoms with Crippen molar-refractivity contribution < 1.29 is 9.72 Å². The van der Waals surface area contributed by atoms with Crippen LogP contribution in [0.4, 0.5) is 17.1 Å². The van der Waals surface area contributed by atoms with Crippen LogP contribution in [0.3, 0.4) is 0 Å². The highest BCUT2D eigenvalue weighted by Gasteiger charge is 2.23. The fourth-order valence-electron chi connectivity index (χ4n) is 1.68. The topological polar surface area (TPSA) is 98.3 Å². The number of para-hydroxylation sites is 1. The van der Waals surface area contributed by atoms with Crippen molar-refractivity contribution in [2.75, 3.05) is 11.1 Å². The van der Waals surface area contributed by atoms with Crippen LogP contribution >= 0.6 is 11.6 Å². The Kier molecular flexibility index (Phi) is 3.86. The SMILES string of the molecule is Nc1cccc(C(=O)Nc2ccc(Cl)cc2)c1[N+](=O)[O-]. The van der Waals surface area contributed by atoms with Crippen LogP contribution in [0.25, 0.3) is 0 Å². The molecule has 0 bridgehead atoms. The quantitative estimate of drug-likeness (QED) is 0.516. The molecule has 0 spiro atoms. The summed E-state index contributed by atoms with van der Waals surface area (Å²) < 4.78 is 0. The third-order valence-corrected chi connectivity index (χ3v) is 2.85. The largest absolute Gasteiger partial charge is 0.393 e. The van der Waals surface area contributed by atoms with Gasteiger partial charge in [0.05, 0.1) is 4.92 Å². The summed E-state index contributed by atoms with van der Waals surface area (Å²) in [4.78, 5) is 22.4. The maximum absolute atomic E-state index is 12.1. The highest BCUT2D eigenvalue weighted by molar-refractivity contribution is 6.30. The summed E-state index contributed by atoms with van der Waals surface area (Å²) in [7, 11) is 0. The number of anilines is 2. The van der Waals surface area contributed by atoms with E-state index < -0.39 is 16.5 Å². The second-order valence-corrected chi connectivity index (χ2v) is 4.40. The zero-order valence-electron chi connectivity index (χ0n) is 10.2. The van der Waals surface area contributed by atoms with Gasteiger partial charge in [0.15, 0.2) is 0 Å². The van der Waals surface area contributed by atoms with Crippen LogP contribution in [0, 0.1) is 10.1 Å². The van der Waals surface area contributed by atoms with Gasteiger partial charge in [-0.2, -0.15) is 0 Å². The predicted octanol–water partition coefficient (Wildman–Crippen LogP) is 3.08. The number of hydrogen-bond donors (Lipinski definition) is 2. The number of benzene rings is 2. The van der Waals surface area contributed by atoms with Gasteiger partial charge in [-0.3, -0.25) is 14.9 Å². The molecule has 0 heterocycles. The van der Waals surface area contributed by atoms with Crippen molar-refractivity contribution in [3.8, 4) is 0 Å². The van der Waals surface area contributed by atoms with Gasteiger partial charge >= 0.3 is 5.69 Å². The Morgan fingerprint density at radius 2 is 1.85 bits per heavy atom. The molecule has 2 rings (SSSR count). The molecule has 0 saturated carbocycles. The number of amides is 1. The fraction of sp³-hybridized carbons (Fsp3) is 0. The summed E-state index contributed by atoms with van der Waals surface area (Å²) in [6.07, 6.45) is 0. The lowest BCUT2D eigenvalue weighted by molar-refractivity contribution is -0.384. The van der Waals surface area contributed by atoms with Gasteiger partial charge in [-0.05, 0) is 36.4 Å². The molecular formula is C13H10ClN3O3. The lowest BCUT2D eigenvalue weighted by Gasteiger charge is -2.07. The molecular weight excluding hydrogens is 282 g/mol. The maximum atomic E-state index is 12.1. The van der Waals surface area contributed by atoms with Gasteiger partial charge in [0.25, 0.3) is 5.91 Å². The fourth-order valence-corrected chi connectivity index (χ4v) is 1.81. The number of nitro benzene ring substituents is 1. The summed E-state index contributed by atoms with van der Waals surface area (Å²) >= 11 is 5.73. The number of nitro groups is 1. The van der Waals surface area contributed by atoms with E-state index in [4.69, 9.17) is 17.3 Å². The summed E-state index contributed by atoms with van der Waals surface area (Å²) in [5.74, 6) is -0.605. The van der Waals surface area contributed by atoms with Crippen LogP contribution in [0.1, 0.15) is 10.4 Å². The molecule has 0 aliphatic heterocycles. The highest BCUT2D eigenvalue weighted by Crippen LogP contribution is 2.26. The minimum absolute atomic E-state index is 0.0567. The maximum Gasteiger partial charge on any atom is 0.304 e. The molecule has 0 fully saturated rings. The van der Waals surface area contributed by atoms with E-state index >= 15 is 0 Å². The molecule has 1 amide bonds. The van der Waals surface area contributed by atoms with Crippen molar-refractivity contribution in [3.63, 3.8) is 0 Å². The molecule has 0 radical (unpaired) electrons. The molecule has 0 atom stereocenters. The van der Waals surface area contributed by atoms with Gasteiger partial charge in [0, 0.05) is 10.7 Å². The van der Waals surface area contributed by atoms with Crippen molar-refractivity contribution in [1.29, 1.82) is 0 Å². The third-order valence-electron chi connectivity index (χ3n) is 2.60. The van der Waals surface area contributed by atoms with Crippen LogP contribution in [-0.4, -0.2) is 10.8 Å². The normalized spacial score (nSPS) is 10.1. The van der Waals surface area contributed by atoms with E-state index in [-0.39, 0.29) is 11.3 Å². The number of halogens is 1. The molecule has 7 heteroatoms. The molecule has 0 aliphatic carbocycles. The molecule has 0 aromatic heterocycles. The van der Waals surface area contributed by atoms with E-state index in [1.165, 1.54) is 18.2 Å². The van der Waals surface area contributed by atoms with Gasteiger partial charge in [0.1, 0.15) is 11.3 Å². The summed E-state index contributed by atoms with van der Waals surface area (Å²) in [6.45, 7) is 0. The minimum atomic E-state index is -0.674. The van der Waals surface area contributed by atoms with Crippen LogP contribution < -0.4 is 11.1 Å². The van der Waals surface area contributed by atoms with Crippen molar-refractivity contribution in [1.82, 2.24) is 0 Å². The zero-order valence-corrected chi connectivity index (χ0v) is 10.9. The number of hydrogen-bond acceptors (Lipinski definition) is 4. The van der Waals surface area contributed by atoms with Crippen molar-refractivity contribution in [2.45, 2.75) is 0 Å². The van der Waals surface area contributed by atoms with E-state index in [1.54, 1.807) is 24.3 Å². The van der Waals surface area contributed by atoms with Gasteiger partial charge in [0.2, 0.25) is 0 Å². The van der Waals surface area contributed by atoms with Crippen LogP contribution in [0.15, 0.2) is 42.5 Å². The van der Waals surface area contributed by atoms with E-state index in [2.05, 4.69) is 5.32 Å². The zero-order chi connectivity index (χ0) is 14.7. The van der Waals surface area contributed by atoms with E-state index in [1.807, 2.05) is 0 Å². The Morgan fingerprint density at radius 1 is 1.20 bits per heavy atom. The monoisotopic (exact) mass is 291 g/mol. The smallest absolute Gasteiger partial charge is 0.304 e. The van der Waals surface area contributed by atoms with E-state index in [0.717, 1.165) is 0 Å². The predicted molar refractivity (Wildman–Crippen MR) is 76.9 cm³/mol. The Balaban J connectivity index is 2.32. The first kappa shape index (κ1) is 13.8. The molecule has 2 aromatic carbocycles. The first-order valence-electron chi connectivity index (χ1n) is 5.59. The third kappa shape index (κ3) is 2.86. The number of nitrogen functional groups attached to an aromatic ring is 1. The van der Waals surface area contributed by atoms with E-state index in [9.17, 15) is 14.9 Å². The molecule has 0 unspecified atom stereocenters.